The minimum atomic E-state index is -0.316. The van der Waals surface area contributed by atoms with Crippen LogP contribution in [0.15, 0.2) is 48.5 Å². The van der Waals surface area contributed by atoms with Crippen LogP contribution in [-0.2, 0) is 11.2 Å². The molecule has 1 N–H and O–H groups in total. The van der Waals surface area contributed by atoms with Gasteiger partial charge in [-0.3, -0.25) is 9.69 Å². The first-order chi connectivity index (χ1) is 12.7. The van der Waals surface area contributed by atoms with Crippen LogP contribution in [0.25, 0.3) is 0 Å². The number of likely N-dealkylation sites (tertiary alicyclic amines) is 1. The minimum Gasteiger partial charge on any atom is -0.497 e. The fourth-order valence-corrected chi connectivity index (χ4v) is 3.44. The molecule has 2 aromatic carbocycles. The van der Waals surface area contributed by atoms with Crippen LogP contribution >= 0.6 is 0 Å². The lowest BCUT2D eigenvalue weighted by atomic mass is 10.0. The molecule has 0 radical (unpaired) electrons. The summed E-state index contributed by atoms with van der Waals surface area (Å²) in [7, 11) is 1.65. The number of nitrogens with one attached hydrogen (secondary N) is 1. The van der Waals surface area contributed by atoms with Gasteiger partial charge in [-0.25, -0.2) is 4.39 Å². The van der Waals surface area contributed by atoms with Crippen LogP contribution in [0.5, 0.6) is 5.75 Å². The fourth-order valence-electron chi connectivity index (χ4n) is 3.44. The van der Waals surface area contributed by atoms with Crippen molar-refractivity contribution in [3.05, 3.63) is 65.5 Å². The summed E-state index contributed by atoms with van der Waals surface area (Å²) in [6, 6.07) is 14.3. The Morgan fingerprint density at radius 3 is 2.58 bits per heavy atom. The summed E-state index contributed by atoms with van der Waals surface area (Å²) in [4.78, 5) is 14.7. The van der Waals surface area contributed by atoms with E-state index in [1.165, 1.54) is 30.5 Å². The van der Waals surface area contributed by atoms with Gasteiger partial charge in [0, 0.05) is 6.54 Å². The predicted octanol–water partition coefficient (Wildman–Crippen LogP) is 3.33. The van der Waals surface area contributed by atoms with E-state index in [2.05, 4.69) is 22.3 Å². The van der Waals surface area contributed by atoms with Gasteiger partial charge < -0.3 is 10.1 Å². The maximum atomic E-state index is 13.3. The highest BCUT2D eigenvalue weighted by Crippen LogP contribution is 2.26. The van der Waals surface area contributed by atoms with E-state index < -0.39 is 0 Å². The highest BCUT2D eigenvalue weighted by atomic mass is 19.1. The molecular formula is C21H25FN2O2. The number of hydrogen-bond donors (Lipinski definition) is 1. The van der Waals surface area contributed by atoms with Gasteiger partial charge in [0.2, 0.25) is 5.91 Å². The quantitative estimate of drug-likeness (QED) is 0.827. The van der Waals surface area contributed by atoms with E-state index in [-0.39, 0.29) is 24.2 Å². The van der Waals surface area contributed by atoms with Crippen LogP contribution in [0.3, 0.4) is 0 Å². The smallest absolute Gasteiger partial charge is 0.224 e. The number of nitrogens with zero attached hydrogens (tertiary/aromatic N) is 1. The molecule has 0 aromatic heterocycles. The maximum absolute atomic E-state index is 13.3. The van der Waals surface area contributed by atoms with Gasteiger partial charge in [-0.15, -0.1) is 0 Å². The summed E-state index contributed by atoms with van der Waals surface area (Å²) in [5.41, 5.74) is 1.85. The molecule has 1 atom stereocenters. The molecule has 1 aliphatic heterocycles. The van der Waals surface area contributed by atoms with E-state index >= 15 is 0 Å². The summed E-state index contributed by atoms with van der Waals surface area (Å²) >= 11 is 0. The zero-order chi connectivity index (χ0) is 18.4. The lowest BCUT2D eigenvalue weighted by molar-refractivity contribution is -0.120. The second-order valence-corrected chi connectivity index (χ2v) is 6.64. The second-order valence-electron chi connectivity index (χ2n) is 6.64. The number of halogens is 1. The Hall–Kier alpha value is -2.40. The van der Waals surface area contributed by atoms with Gasteiger partial charge in [-0.1, -0.05) is 24.3 Å². The molecular weight excluding hydrogens is 331 g/mol. The lowest BCUT2D eigenvalue weighted by Gasteiger charge is -2.28. The topological polar surface area (TPSA) is 41.6 Å². The van der Waals surface area contributed by atoms with E-state index in [1.807, 2.05) is 12.1 Å². The van der Waals surface area contributed by atoms with Crippen molar-refractivity contribution in [1.29, 1.82) is 0 Å². The summed E-state index contributed by atoms with van der Waals surface area (Å²) in [6.45, 7) is 2.62. The molecule has 3 rings (SSSR count). The number of benzene rings is 2. The van der Waals surface area contributed by atoms with Gasteiger partial charge in [0.05, 0.1) is 19.6 Å². The van der Waals surface area contributed by atoms with Crippen molar-refractivity contribution in [3.63, 3.8) is 0 Å². The van der Waals surface area contributed by atoms with Gasteiger partial charge in [0.25, 0.3) is 0 Å². The van der Waals surface area contributed by atoms with Gasteiger partial charge in [0.15, 0.2) is 0 Å². The van der Waals surface area contributed by atoms with Gasteiger partial charge in [0.1, 0.15) is 11.6 Å². The molecule has 1 unspecified atom stereocenters. The Morgan fingerprint density at radius 2 is 1.92 bits per heavy atom. The zero-order valence-electron chi connectivity index (χ0n) is 15.1. The first-order valence-corrected chi connectivity index (χ1v) is 9.05. The molecule has 0 bridgehead atoms. The fraction of sp³-hybridized carbons (Fsp3) is 0.381. The van der Waals surface area contributed by atoms with Crippen molar-refractivity contribution < 1.29 is 13.9 Å². The van der Waals surface area contributed by atoms with Crippen molar-refractivity contribution >= 4 is 5.91 Å². The van der Waals surface area contributed by atoms with E-state index in [1.54, 1.807) is 19.2 Å². The first-order valence-electron chi connectivity index (χ1n) is 9.05. The molecule has 4 nitrogen and oxygen atoms in total. The van der Waals surface area contributed by atoms with Crippen LogP contribution < -0.4 is 10.1 Å². The lowest BCUT2D eigenvalue weighted by Crippen LogP contribution is -2.37. The molecule has 138 valence electrons. The summed E-state index contributed by atoms with van der Waals surface area (Å²) in [5, 5.41) is 3.02. The van der Waals surface area contributed by atoms with Crippen molar-refractivity contribution in [3.8, 4) is 5.75 Å². The Labute approximate surface area is 154 Å². The van der Waals surface area contributed by atoms with Crippen LogP contribution in [0.1, 0.15) is 30.0 Å². The normalized spacial score (nSPS) is 15.6. The molecule has 1 amide bonds. The Kier molecular flexibility index (Phi) is 6.23. The van der Waals surface area contributed by atoms with Crippen LogP contribution in [0, 0.1) is 5.82 Å². The molecule has 0 saturated carbocycles. The monoisotopic (exact) mass is 356 g/mol. The van der Waals surface area contributed by atoms with Crippen LogP contribution in [0.4, 0.5) is 4.39 Å². The minimum absolute atomic E-state index is 0.0895. The number of carbonyl (C=O) groups is 1. The SMILES string of the molecule is COc1ccc(C(CNC(=O)Cc2cccc(F)c2)N2CCCC2)cc1. The third-order valence-corrected chi connectivity index (χ3v) is 4.83. The van der Waals surface area contributed by atoms with Crippen molar-refractivity contribution in [2.75, 3.05) is 26.7 Å². The summed E-state index contributed by atoms with van der Waals surface area (Å²) in [6.07, 6.45) is 2.56. The molecule has 1 heterocycles. The number of carbonyl (C=O) groups excluding carboxylic acids is 1. The van der Waals surface area contributed by atoms with Crippen LogP contribution in [-0.4, -0.2) is 37.6 Å². The number of rotatable bonds is 7. The molecule has 1 saturated heterocycles. The van der Waals surface area contributed by atoms with Crippen molar-refractivity contribution in [2.45, 2.75) is 25.3 Å². The first kappa shape index (κ1) is 18.4. The van der Waals surface area contributed by atoms with Crippen LogP contribution in [0.2, 0.25) is 0 Å². The van der Waals surface area contributed by atoms with Gasteiger partial charge in [-0.05, 0) is 61.3 Å². The standard InChI is InChI=1S/C21H25FN2O2/c1-26-19-9-7-17(8-10-19)20(24-11-2-3-12-24)15-23-21(25)14-16-5-4-6-18(22)13-16/h4-10,13,20H,2-3,11-12,14-15H2,1H3,(H,23,25). The largest absolute Gasteiger partial charge is 0.497 e. The average molecular weight is 356 g/mol. The van der Waals surface area contributed by atoms with Gasteiger partial charge in [-0.2, -0.15) is 0 Å². The Bertz CT molecular complexity index is 727. The summed E-state index contributed by atoms with van der Waals surface area (Å²) in [5.74, 6) is 0.417. The molecule has 1 aliphatic rings. The molecule has 26 heavy (non-hydrogen) atoms. The Morgan fingerprint density at radius 1 is 1.19 bits per heavy atom. The van der Waals surface area contributed by atoms with E-state index in [0.29, 0.717) is 12.1 Å². The van der Waals surface area contributed by atoms with E-state index in [0.717, 1.165) is 18.8 Å². The maximum Gasteiger partial charge on any atom is 0.224 e. The number of ether oxygens (including phenoxy) is 1. The number of methoxy groups -OCH3 is 1. The average Bonchev–Trinajstić information content (AvgIpc) is 3.17. The third-order valence-electron chi connectivity index (χ3n) is 4.83. The predicted molar refractivity (Wildman–Crippen MR) is 99.7 cm³/mol. The second kappa shape index (κ2) is 8.81. The Balaban J connectivity index is 1.64. The third kappa shape index (κ3) is 4.82. The molecule has 5 heteroatoms. The van der Waals surface area contributed by atoms with E-state index in [4.69, 9.17) is 4.74 Å². The highest BCUT2D eigenvalue weighted by molar-refractivity contribution is 5.78. The number of amides is 1. The summed E-state index contributed by atoms with van der Waals surface area (Å²) < 4.78 is 18.5. The number of hydrogen-bond acceptors (Lipinski definition) is 3. The molecule has 2 aromatic rings. The molecule has 1 fully saturated rings. The highest BCUT2D eigenvalue weighted by Gasteiger charge is 2.24. The van der Waals surface area contributed by atoms with Gasteiger partial charge >= 0.3 is 0 Å². The van der Waals surface area contributed by atoms with Crippen molar-refractivity contribution in [2.24, 2.45) is 0 Å². The molecule has 0 aliphatic carbocycles. The van der Waals surface area contributed by atoms with E-state index in [9.17, 15) is 9.18 Å². The molecule has 0 spiro atoms. The van der Waals surface area contributed by atoms with Crippen molar-refractivity contribution in [1.82, 2.24) is 10.2 Å². The zero-order valence-corrected chi connectivity index (χ0v) is 15.1.